The van der Waals surface area contributed by atoms with E-state index in [4.69, 9.17) is 16.3 Å². The van der Waals surface area contributed by atoms with Gasteiger partial charge in [-0.25, -0.2) is 8.42 Å². The average Bonchev–Trinajstić information content (AvgIpc) is 2.90. The predicted molar refractivity (Wildman–Crippen MR) is 84.7 cm³/mol. The Bertz CT molecular complexity index is 498. The van der Waals surface area contributed by atoms with Gasteiger partial charge in [0.1, 0.15) is 5.72 Å². The lowest BCUT2D eigenvalue weighted by atomic mass is 10.0. The molecule has 7 heteroatoms. The van der Waals surface area contributed by atoms with Crippen molar-refractivity contribution in [3.05, 3.63) is 24.1 Å². The van der Waals surface area contributed by atoms with E-state index in [0.29, 0.717) is 31.9 Å². The number of hydrogen-bond acceptors (Lipinski definition) is 4. The van der Waals surface area contributed by atoms with Gasteiger partial charge < -0.3 is 9.64 Å². The second-order valence-corrected chi connectivity index (χ2v) is 7.72. The Kier molecular flexibility index (Phi) is 5.48. The fourth-order valence-electron chi connectivity index (χ4n) is 2.98. The maximum Gasteiger partial charge on any atom is 0.244 e. The molecule has 0 bridgehead atoms. The molecule has 0 aromatic heterocycles. The molecule has 21 heavy (non-hydrogen) atoms. The van der Waals surface area contributed by atoms with Gasteiger partial charge in [-0.05, 0) is 19.0 Å². The van der Waals surface area contributed by atoms with Gasteiger partial charge in [-0.2, -0.15) is 4.31 Å². The molecule has 2 aliphatic rings. The van der Waals surface area contributed by atoms with Crippen LogP contribution >= 0.6 is 11.6 Å². The van der Waals surface area contributed by atoms with Gasteiger partial charge in [0.15, 0.2) is 0 Å². The van der Waals surface area contributed by atoms with Crippen LogP contribution in [-0.2, 0) is 14.8 Å². The Morgan fingerprint density at radius 1 is 1.33 bits per heavy atom. The van der Waals surface area contributed by atoms with Crippen molar-refractivity contribution in [2.24, 2.45) is 0 Å². The standard InChI is InChI=1S/C14H23ClN2O3S/c1-3-13(2)21(18,19)17-11-12-20-14(17)5-9-16(10-6-14)8-4-7-15/h3H,1-2,4-12H2. The van der Waals surface area contributed by atoms with E-state index in [0.717, 1.165) is 26.1 Å². The quantitative estimate of drug-likeness (QED) is 0.548. The number of hydrogen-bond donors (Lipinski definition) is 0. The van der Waals surface area contributed by atoms with E-state index < -0.39 is 15.7 Å². The van der Waals surface area contributed by atoms with Gasteiger partial charge in [0.25, 0.3) is 0 Å². The molecule has 0 saturated carbocycles. The fourth-order valence-corrected chi connectivity index (χ4v) is 4.58. The van der Waals surface area contributed by atoms with Crippen molar-refractivity contribution in [3.8, 4) is 0 Å². The van der Waals surface area contributed by atoms with Crippen molar-refractivity contribution >= 4 is 21.6 Å². The predicted octanol–water partition coefficient (Wildman–Crippen LogP) is 1.77. The van der Waals surface area contributed by atoms with Crippen LogP contribution in [0.3, 0.4) is 0 Å². The topological polar surface area (TPSA) is 49.9 Å². The lowest BCUT2D eigenvalue weighted by molar-refractivity contribution is -0.0901. The summed E-state index contributed by atoms with van der Waals surface area (Å²) in [5.41, 5.74) is -0.706. The molecule has 0 radical (unpaired) electrons. The van der Waals surface area contributed by atoms with Crippen molar-refractivity contribution in [1.82, 2.24) is 9.21 Å². The van der Waals surface area contributed by atoms with E-state index in [1.165, 1.54) is 10.4 Å². The summed E-state index contributed by atoms with van der Waals surface area (Å²) >= 11 is 5.72. The molecule has 120 valence electrons. The lowest BCUT2D eigenvalue weighted by Crippen LogP contribution is -2.54. The minimum absolute atomic E-state index is 0.0388. The van der Waals surface area contributed by atoms with Crippen LogP contribution in [0.2, 0.25) is 0 Å². The normalized spacial score (nSPS) is 23.5. The number of sulfonamides is 1. The van der Waals surface area contributed by atoms with E-state index in [1.807, 2.05) is 0 Å². The Hall–Kier alpha value is -0.400. The molecule has 2 aliphatic heterocycles. The molecule has 2 rings (SSSR count). The maximum absolute atomic E-state index is 12.5. The zero-order valence-corrected chi connectivity index (χ0v) is 13.8. The molecule has 0 aromatic carbocycles. The summed E-state index contributed by atoms with van der Waals surface area (Å²) in [7, 11) is -3.58. The van der Waals surface area contributed by atoms with E-state index >= 15 is 0 Å². The highest BCUT2D eigenvalue weighted by molar-refractivity contribution is 7.93. The van der Waals surface area contributed by atoms with Crippen molar-refractivity contribution in [1.29, 1.82) is 0 Å². The highest BCUT2D eigenvalue weighted by Crippen LogP contribution is 2.37. The summed E-state index contributed by atoms with van der Waals surface area (Å²) in [6.45, 7) is 10.5. The van der Waals surface area contributed by atoms with Crippen LogP contribution in [0.1, 0.15) is 19.3 Å². The molecule has 0 unspecified atom stereocenters. The van der Waals surface area contributed by atoms with Gasteiger partial charge in [0.2, 0.25) is 10.0 Å². The Morgan fingerprint density at radius 2 is 2.00 bits per heavy atom. The van der Waals surface area contributed by atoms with Crippen LogP contribution in [-0.4, -0.2) is 62.0 Å². The van der Waals surface area contributed by atoms with Crippen LogP contribution < -0.4 is 0 Å². The zero-order chi connectivity index (χ0) is 15.5. The highest BCUT2D eigenvalue weighted by atomic mass is 35.5. The van der Waals surface area contributed by atoms with E-state index in [1.54, 1.807) is 0 Å². The van der Waals surface area contributed by atoms with Crippen molar-refractivity contribution in [2.45, 2.75) is 25.0 Å². The van der Waals surface area contributed by atoms with Crippen LogP contribution in [0.4, 0.5) is 0 Å². The summed E-state index contributed by atoms with van der Waals surface area (Å²) in [4.78, 5) is 2.35. The number of piperidine rings is 1. The number of likely N-dealkylation sites (tertiary alicyclic amines) is 1. The molecular formula is C14H23ClN2O3S. The number of rotatable bonds is 6. The largest absolute Gasteiger partial charge is 0.358 e. The lowest BCUT2D eigenvalue weighted by Gasteiger charge is -2.42. The third-order valence-corrected chi connectivity index (χ3v) is 6.41. The molecule has 5 nitrogen and oxygen atoms in total. The highest BCUT2D eigenvalue weighted by Gasteiger charge is 2.50. The monoisotopic (exact) mass is 334 g/mol. The summed E-state index contributed by atoms with van der Waals surface area (Å²) in [6.07, 6.45) is 3.60. The van der Waals surface area contributed by atoms with Crippen LogP contribution in [0.15, 0.2) is 24.1 Å². The van der Waals surface area contributed by atoms with Crippen LogP contribution in [0.5, 0.6) is 0 Å². The number of halogens is 1. The zero-order valence-electron chi connectivity index (χ0n) is 12.3. The third-order valence-electron chi connectivity index (χ3n) is 4.21. The molecule has 2 fully saturated rings. The summed E-state index contributed by atoms with van der Waals surface area (Å²) in [5, 5.41) is 0. The molecule has 0 aliphatic carbocycles. The molecule has 2 saturated heterocycles. The van der Waals surface area contributed by atoms with Gasteiger partial charge in [0, 0.05) is 38.4 Å². The number of nitrogens with zero attached hydrogens (tertiary/aromatic N) is 2. The van der Waals surface area contributed by atoms with Crippen molar-refractivity contribution in [3.63, 3.8) is 0 Å². The van der Waals surface area contributed by atoms with E-state index in [2.05, 4.69) is 18.1 Å². The first kappa shape index (κ1) is 17.0. The SMILES string of the molecule is C=CC(=C)S(=O)(=O)N1CCOC12CCN(CCCCl)CC2. The van der Waals surface area contributed by atoms with Gasteiger partial charge in [-0.3, -0.25) is 0 Å². The fraction of sp³-hybridized carbons (Fsp3) is 0.714. The molecule has 0 N–H and O–H groups in total. The molecule has 0 amide bonds. The smallest absolute Gasteiger partial charge is 0.244 e. The second-order valence-electron chi connectivity index (χ2n) is 5.43. The summed E-state index contributed by atoms with van der Waals surface area (Å²) in [6, 6.07) is 0. The van der Waals surface area contributed by atoms with Gasteiger partial charge in [-0.1, -0.05) is 13.2 Å². The minimum Gasteiger partial charge on any atom is -0.358 e. The van der Waals surface area contributed by atoms with Crippen LogP contribution in [0.25, 0.3) is 0 Å². The van der Waals surface area contributed by atoms with Gasteiger partial charge >= 0.3 is 0 Å². The summed E-state index contributed by atoms with van der Waals surface area (Å²) < 4.78 is 32.4. The van der Waals surface area contributed by atoms with Crippen molar-refractivity contribution < 1.29 is 13.2 Å². The summed E-state index contributed by atoms with van der Waals surface area (Å²) in [5.74, 6) is 0.651. The van der Waals surface area contributed by atoms with Crippen LogP contribution in [0, 0.1) is 0 Å². The first-order valence-corrected chi connectivity index (χ1v) is 9.20. The third kappa shape index (κ3) is 3.35. The molecule has 0 aromatic rings. The maximum atomic E-state index is 12.5. The Labute approximate surface area is 132 Å². The number of ether oxygens (including phenoxy) is 1. The molecule has 1 spiro atoms. The molecule has 0 atom stereocenters. The molecular weight excluding hydrogens is 312 g/mol. The number of alkyl halides is 1. The Morgan fingerprint density at radius 3 is 2.57 bits per heavy atom. The second kappa shape index (κ2) is 6.79. The van der Waals surface area contributed by atoms with Gasteiger partial charge in [0.05, 0.1) is 11.5 Å². The average molecular weight is 335 g/mol. The first-order chi connectivity index (χ1) is 9.96. The number of allylic oxidation sites excluding steroid dienone is 1. The first-order valence-electron chi connectivity index (χ1n) is 7.23. The van der Waals surface area contributed by atoms with E-state index in [-0.39, 0.29) is 4.91 Å². The van der Waals surface area contributed by atoms with E-state index in [9.17, 15) is 8.42 Å². The molecule has 2 heterocycles. The van der Waals surface area contributed by atoms with Crippen molar-refractivity contribution in [2.75, 3.05) is 38.7 Å². The Balaban J connectivity index is 2.09. The minimum atomic E-state index is -3.58. The van der Waals surface area contributed by atoms with Gasteiger partial charge in [-0.15, -0.1) is 11.6 Å².